The molecule has 2 rings (SSSR count). The molecule has 37 heavy (non-hydrogen) atoms. The number of ether oxygens (including phenoxy) is 1. The lowest BCUT2D eigenvalue weighted by molar-refractivity contribution is -0.906. The molecule has 0 aliphatic rings. The van der Waals surface area contributed by atoms with Crippen LogP contribution in [0.4, 0.5) is 5.69 Å². The van der Waals surface area contributed by atoms with Gasteiger partial charge in [-0.1, -0.05) is 39.0 Å². The minimum atomic E-state index is -0.178. The first kappa shape index (κ1) is 32.3. The van der Waals surface area contributed by atoms with Gasteiger partial charge in [0.15, 0.2) is 5.78 Å². The Bertz CT molecular complexity index is 890. The first-order valence-electron chi connectivity index (χ1n) is 13.9. The number of ketones is 1. The number of hydrogen-bond acceptors (Lipinski definition) is 4. The number of hydrogen-bond donors (Lipinski definition) is 2. The van der Waals surface area contributed by atoms with Crippen LogP contribution >= 0.6 is 0 Å². The average molecular weight is 514 g/mol. The number of rotatable bonds is 17. The van der Waals surface area contributed by atoms with Crippen molar-refractivity contribution in [1.82, 2.24) is 0 Å². The molecular formula is C31H49N2O4+. The van der Waals surface area contributed by atoms with E-state index in [0.717, 1.165) is 49.8 Å². The molecule has 6 nitrogen and oxygen atoms in total. The number of aliphatic hydroxyl groups is 1. The summed E-state index contributed by atoms with van der Waals surface area (Å²) >= 11 is 0. The third kappa shape index (κ3) is 12.4. The van der Waals surface area contributed by atoms with Crippen LogP contribution in [-0.2, 0) is 0 Å². The predicted octanol–water partition coefficient (Wildman–Crippen LogP) is 6.74. The van der Waals surface area contributed by atoms with Gasteiger partial charge in [-0.05, 0) is 68.8 Å². The number of amides is 1. The van der Waals surface area contributed by atoms with Gasteiger partial charge in [0, 0.05) is 36.8 Å². The number of Topliss-reactive ketones (excluding diaryl/α,β-unsaturated/α-hetero) is 1. The standard InChI is InChI=1S/C30H44N2O3.CH4O/c1-5-8-9-10-11-12-24-35-28-21-17-26(18-22-28)30(34)31-27-19-15-25(16-20-27)29(33)14-13-23-32(4,6-2)7-3;1-2/h15-22H,5-14,23-24H2,1-4H3;2H,1H3/p+1. The molecule has 0 aliphatic carbocycles. The Morgan fingerprint density at radius 2 is 1.35 bits per heavy atom. The molecule has 2 aromatic rings. The van der Waals surface area contributed by atoms with Crippen LogP contribution in [-0.4, -0.2) is 61.7 Å². The van der Waals surface area contributed by atoms with Gasteiger partial charge in [0.25, 0.3) is 5.91 Å². The number of quaternary nitrogens is 1. The van der Waals surface area contributed by atoms with E-state index in [2.05, 4.69) is 33.1 Å². The van der Waals surface area contributed by atoms with Crippen molar-refractivity contribution in [2.75, 3.05) is 45.7 Å². The monoisotopic (exact) mass is 513 g/mol. The maximum atomic E-state index is 12.6. The Balaban J connectivity index is 0.00000334. The Morgan fingerprint density at radius 3 is 1.95 bits per heavy atom. The lowest BCUT2D eigenvalue weighted by atomic mass is 10.1. The topological polar surface area (TPSA) is 75.6 Å². The first-order valence-corrected chi connectivity index (χ1v) is 13.9. The van der Waals surface area contributed by atoms with Gasteiger partial charge in [0.1, 0.15) is 5.75 Å². The first-order chi connectivity index (χ1) is 17.9. The van der Waals surface area contributed by atoms with E-state index >= 15 is 0 Å². The number of nitrogens with one attached hydrogen (secondary N) is 1. The maximum absolute atomic E-state index is 12.6. The summed E-state index contributed by atoms with van der Waals surface area (Å²) < 4.78 is 6.79. The summed E-state index contributed by atoms with van der Waals surface area (Å²) in [6.07, 6.45) is 8.82. The molecule has 0 radical (unpaired) electrons. The van der Waals surface area contributed by atoms with Gasteiger partial charge in [-0.25, -0.2) is 0 Å². The van der Waals surface area contributed by atoms with Gasteiger partial charge in [-0.2, -0.15) is 0 Å². The van der Waals surface area contributed by atoms with Crippen LogP contribution in [0.3, 0.4) is 0 Å². The van der Waals surface area contributed by atoms with Crippen molar-refractivity contribution in [2.24, 2.45) is 0 Å². The van der Waals surface area contributed by atoms with Gasteiger partial charge in [-0.3, -0.25) is 9.59 Å². The highest BCUT2D eigenvalue weighted by molar-refractivity contribution is 6.04. The Morgan fingerprint density at radius 1 is 0.784 bits per heavy atom. The number of aliphatic hydroxyl groups excluding tert-OH is 1. The van der Waals surface area contributed by atoms with Gasteiger partial charge in [-0.15, -0.1) is 0 Å². The summed E-state index contributed by atoms with van der Waals surface area (Å²) in [5.41, 5.74) is 1.94. The molecule has 0 saturated heterocycles. The van der Waals surface area contributed by atoms with Gasteiger partial charge in [0.2, 0.25) is 0 Å². The molecule has 0 fully saturated rings. The van der Waals surface area contributed by atoms with Crippen LogP contribution in [0.15, 0.2) is 48.5 Å². The minimum absolute atomic E-state index is 0.151. The molecule has 206 valence electrons. The van der Waals surface area contributed by atoms with E-state index in [1.54, 1.807) is 36.4 Å². The molecule has 0 aromatic heterocycles. The number of anilines is 1. The van der Waals surface area contributed by atoms with E-state index in [1.807, 2.05) is 12.1 Å². The second kappa shape index (κ2) is 18.5. The maximum Gasteiger partial charge on any atom is 0.255 e. The van der Waals surface area contributed by atoms with Crippen molar-refractivity contribution in [3.8, 4) is 5.75 Å². The lowest BCUT2D eigenvalue weighted by Gasteiger charge is -2.32. The Labute approximate surface area is 224 Å². The summed E-state index contributed by atoms with van der Waals surface area (Å²) in [6.45, 7) is 10.5. The summed E-state index contributed by atoms with van der Waals surface area (Å²) in [7, 11) is 3.24. The Hall–Kier alpha value is -2.70. The molecule has 0 bridgehead atoms. The molecule has 6 heteroatoms. The summed E-state index contributed by atoms with van der Waals surface area (Å²) in [4.78, 5) is 25.1. The predicted molar refractivity (Wildman–Crippen MR) is 154 cm³/mol. The number of carbonyl (C=O) groups is 2. The fraction of sp³-hybridized carbons (Fsp3) is 0.548. The zero-order chi connectivity index (χ0) is 27.5. The molecule has 0 heterocycles. The third-order valence-corrected chi connectivity index (χ3v) is 6.98. The highest BCUT2D eigenvalue weighted by Gasteiger charge is 2.17. The van der Waals surface area contributed by atoms with Gasteiger partial charge >= 0.3 is 0 Å². The number of nitrogens with zero attached hydrogens (tertiary/aromatic N) is 1. The van der Waals surface area contributed by atoms with E-state index < -0.39 is 0 Å². The normalized spacial score (nSPS) is 10.9. The van der Waals surface area contributed by atoms with Crippen LogP contribution in [0, 0.1) is 0 Å². The van der Waals surface area contributed by atoms with Crippen LogP contribution in [0.2, 0.25) is 0 Å². The number of unbranched alkanes of at least 4 members (excludes halogenated alkanes) is 5. The zero-order valence-electron chi connectivity index (χ0n) is 23.7. The molecule has 1 amide bonds. The van der Waals surface area contributed by atoms with Crippen molar-refractivity contribution >= 4 is 17.4 Å². The highest BCUT2D eigenvalue weighted by Crippen LogP contribution is 2.17. The largest absolute Gasteiger partial charge is 0.494 e. The van der Waals surface area contributed by atoms with E-state index in [0.29, 0.717) is 29.8 Å². The van der Waals surface area contributed by atoms with Crippen molar-refractivity contribution in [1.29, 1.82) is 0 Å². The van der Waals surface area contributed by atoms with Crippen LogP contribution in [0.5, 0.6) is 5.75 Å². The Kier molecular flexibility index (Phi) is 16.2. The van der Waals surface area contributed by atoms with Crippen LogP contribution < -0.4 is 10.1 Å². The van der Waals surface area contributed by atoms with Crippen molar-refractivity contribution in [3.05, 3.63) is 59.7 Å². The van der Waals surface area contributed by atoms with E-state index in [4.69, 9.17) is 9.84 Å². The summed E-state index contributed by atoms with van der Waals surface area (Å²) in [5.74, 6) is 0.760. The SMILES string of the molecule is CCCCCCCCOc1ccc(C(=O)Nc2ccc(C(=O)CCC[N+](C)(CC)CC)cc2)cc1.CO. The molecule has 0 atom stereocenters. The lowest BCUT2D eigenvalue weighted by Crippen LogP contribution is -2.44. The third-order valence-electron chi connectivity index (χ3n) is 6.98. The summed E-state index contributed by atoms with van der Waals surface area (Å²) in [5, 5.41) is 9.91. The minimum Gasteiger partial charge on any atom is -0.494 e. The number of carbonyl (C=O) groups excluding carboxylic acids is 2. The second-order valence-corrected chi connectivity index (χ2v) is 9.67. The molecule has 0 aliphatic heterocycles. The average Bonchev–Trinajstić information content (AvgIpc) is 2.94. The zero-order valence-corrected chi connectivity index (χ0v) is 23.7. The molecule has 0 spiro atoms. The molecular weight excluding hydrogens is 464 g/mol. The molecule has 2 aromatic carbocycles. The highest BCUT2D eigenvalue weighted by atomic mass is 16.5. The van der Waals surface area contributed by atoms with Crippen LogP contribution in [0.25, 0.3) is 0 Å². The smallest absolute Gasteiger partial charge is 0.255 e. The van der Waals surface area contributed by atoms with E-state index in [-0.39, 0.29) is 11.7 Å². The van der Waals surface area contributed by atoms with Crippen molar-refractivity contribution in [2.45, 2.75) is 72.1 Å². The number of benzene rings is 2. The van der Waals surface area contributed by atoms with Crippen molar-refractivity contribution < 1.29 is 23.9 Å². The summed E-state index contributed by atoms with van der Waals surface area (Å²) in [6, 6.07) is 14.4. The van der Waals surface area contributed by atoms with Gasteiger partial charge < -0.3 is 19.6 Å². The molecule has 2 N–H and O–H groups in total. The van der Waals surface area contributed by atoms with E-state index in [9.17, 15) is 9.59 Å². The fourth-order valence-electron chi connectivity index (χ4n) is 4.02. The van der Waals surface area contributed by atoms with Crippen LogP contribution in [0.1, 0.15) is 92.9 Å². The second-order valence-electron chi connectivity index (χ2n) is 9.67. The van der Waals surface area contributed by atoms with Gasteiger partial charge in [0.05, 0.1) is 33.3 Å². The molecule has 0 saturated carbocycles. The van der Waals surface area contributed by atoms with E-state index in [1.165, 1.54) is 32.1 Å². The molecule has 0 unspecified atom stereocenters. The fourth-order valence-corrected chi connectivity index (χ4v) is 4.02. The van der Waals surface area contributed by atoms with Crippen molar-refractivity contribution in [3.63, 3.8) is 0 Å². The quantitative estimate of drug-likeness (QED) is 0.140.